The van der Waals surface area contributed by atoms with Gasteiger partial charge >= 0.3 is 116 Å². The summed E-state index contributed by atoms with van der Waals surface area (Å²) in [5, 5.41) is 0. The van der Waals surface area contributed by atoms with Gasteiger partial charge in [0.05, 0.1) is 0 Å². The average molecular weight is 439 g/mol. The van der Waals surface area contributed by atoms with Crippen molar-refractivity contribution in [2.24, 2.45) is 0 Å². The van der Waals surface area contributed by atoms with E-state index < -0.39 is 0 Å². The summed E-state index contributed by atoms with van der Waals surface area (Å²) in [6, 6.07) is 11.0. The first-order valence-corrected chi connectivity index (χ1v) is 16.2. The van der Waals surface area contributed by atoms with E-state index in [-0.39, 0.29) is 0 Å². The van der Waals surface area contributed by atoms with E-state index in [2.05, 4.69) is 48.6 Å². The number of benzene rings is 1. The average Bonchev–Trinajstić information content (AvgIpc) is 2.37. The first-order chi connectivity index (χ1) is 7.95. The van der Waals surface area contributed by atoms with Crippen LogP contribution in [0.15, 0.2) is 54.1 Å². The second-order valence-corrected chi connectivity index (χ2v) is 15.8. The van der Waals surface area contributed by atoms with Crippen LogP contribution in [0.3, 0.4) is 0 Å². The molecule has 0 atom stereocenters. The summed E-state index contributed by atoms with van der Waals surface area (Å²) in [6.45, 7) is 0. The molecule has 0 fully saturated rings. The van der Waals surface area contributed by atoms with Crippen molar-refractivity contribution in [2.75, 3.05) is 0 Å². The molecule has 0 unspecified atom stereocenters. The first-order valence-electron chi connectivity index (χ1n) is 5.59. The van der Waals surface area contributed by atoms with Crippen molar-refractivity contribution in [3.63, 3.8) is 0 Å². The number of allylic oxidation sites excluding steroid dienone is 4. The van der Waals surface area contributed by atoms with Gasteiger partial charge in [-0.15, -0.1) is 0 Å². The second kappa shape index (κ2) is 7.58. The van der Waals surface area contributed by atoms with Crippen molar-refractivity contribution in [1.29, 1.82) is 0 Å². The third kappa shape index (κ3) is 4.65. The van der Waals surface area contributed by atoms with Crippen LogP contribution in [0.25, 0.3) is 0 Å². The van der Waals surface area contributed by atoms with Gasteiger partial charge in [0.25, 0.3) is 0 Å². The van der Waals surface area contributed by atoms with Crippen LogP contribution in [0.4, 0.5) is 0 Å². The first kappa shape index (κ1) is 12.7. The molecule has 1 aliphatic rings. The Kier molecular flexibility index (Phi) is 6.03. The van der Waals surface area contributed by atoms with Crippen LogP contribution in [-0.2, 0) is 4.47 Å². The molecular weight excluding hydrogens is 423 g/mol. The van der Waals surface area contributed by atoms with Crippen molar-refractivity contribution >= 4 is 34.1 Å². The summed E-state index contributed by atoms with van der Waals surface area (Å²) in [4.78, 5) is 0. The van der Waals surface area contributed by atoms with Gasteiger partial charge in [0.2, 0.25) is 0 Å². The van der Waals surface area contributed by atoms with E-state index in [1.54, 1.807) is 11.1 Å². The molecule has 0 saturated heterocycles. The maximum absolute atomic E-state index is 2.44. The van der Waals surface area contributed by atoms with Crippen LogP contribution in [0, 0.1) is 0 Å². The molecule has 0 saturated carbocycles. The fraction of sp³-hybridized carbons (Fsp3) is 0.286. The number of rotatable bonds is 5. The second-order valence-electron chi connectivity index (χ2n) is 3.77. The molecule has 0 nitrogen and oxygen atoms in total. The van der Waals surface area contributed by atoms with Crippen molar-refractivity contribution in [3.05, 3.63) is 59.7 Å². The fourth-order valence-electron chi connectivity index (χ4n) is 1.57. The Morgan fingerprint density at radius 1 is 0.938 bits per heavy atom. The molecule has 1 aliphatic carbocycles. The number of hydrogen-bond acceptors (Lipinski definition) is 0. The molecule has 1 aromatic carbocycles. The Labute approximate surface area is 115 Å². The van der Waals surface area contributed by atoms with Crippen LogP contribution in [-0.4, -0.2) is 34.1 Å². The van der Waals surface area contributed by atoms with Gasteiger partial charge in [0, 0.05) is 0 Å². The Hall–Kier alpha value is 0.279. The van der Waals surface area contributed by atoms with Gasteiger partial charge in [-0.3, -0.25) is 0 Å². The SMILES string of the molecule is C1=CC(C[Te][Te]Cc2ccccc2)=CCC1. The van der Waals surface area contributed by atoms with E-state index in [1.165, 1.54) is 21.8 Å². The Bertz CT molecular complexity index is 366. The van der Waals surface area contributed by atoms with Crippen LogP contribution in [0.2, 0.25) is 4.47 Å². The predicted octanol–water partition coefficient (Wildman–Crippen LogP) is 3.20. The van der Waals surface area contributed by atoms with E-state index >= 15 is 0 Å². The standard InChI is InChI=1S/C14H16Te2/c1-3-7-13(8-4-1)11-15-16-12-14-9-5-2-6-10-14/h1,3-5,7-10H,2,6,11-12H2. The van der Waals surface area contributed by atoms with Crippen molar-refractivity contribution < 1.29 is 0 Å². The van der Waals surface area contributed by atoms with E-state index in [0.29, 0.717) is 34.1 Å². The van der Waals surface area contributed by atoms with Crippen molar-refractivity contribution in [1.82, 2.24) is 0 Å². The summed E-state index contributed by atoms with van der Waals surface area (Å²) < 4.78 is 2.85. The van der Waals surface area contributed by atoms with E-state index in [0.717, 1.165) is 0 Å². The third-order valence-corrected chi connectivity index (χ3v) is 13.2. The molecule has 16 heavy (non-hydrogen) atoms. The Morgan fingerprint density at radius 2 is 1.75 bits per heavy atom. The van der Waals surface area contributed by atoms with Crippen LogP contribution >= 0.6 is 0 Å². The van der Waals surface area contributed by atoms with E-state index in [9.17, 15) is 0 Å². The summed E-state index contributed by atoms with van der Waals surface area (Å²) in [5.74, 6) is 0. The van der Waals surface area contributed by atoms with Crippen molar-refractivity contribution in [2.45, 2.75) is 21.8 Å². The van der Waals surface area contributed by atoms with Crippen molar-refractivity contribution in [3.8, 4) is 0 Å². The van der Waals surface area contributed by atoms with Gasteiger partial charge in [0.1, 0.15) is 0 Å². The molecule has 2 rings (SSSR count). The molecule has 84 valence electrons. The molecule has 0 N–H and O–H groups in total. The third-order valence-electron chi connectivity index (χ3n) is 2.45. The summed E-state index contributed by atoms with van der Waals surface area (Å²) >= 11 is 0.611. The molecule has 0 aromatic heterocycles. The molecular formula is C14H16Te2. The maximum atomic E-state index is 2.44. The van der Waals surface area contributed by atoms with Crippen LogP contribution in [0.5, 0.6) is 0 Å². The fourth-order valence-corrected chi connectivity index (χ4v) is 12.4. The van der Waals surface area contributed by atoms with Gasteiger partial charge in [-0.1, -0.05) is 0 Å². The zero-order valence-corrected chi connectivity index (χ0v) is 13.9. The monoisotopic (exact) mass is 444 g/mol. The van der Waals surface area contributed by atoms with E-state index in [4.69, 9.17) is 0 Å². The predicted molar refractivity (Wildman–Crippen MR) is 72.9 cm³/mol. The van der Waals surface area contributed by atoms with Gasteiger partial charge < -0.3 is 0 Å². The molecule has 0 amide bonds. The van der Waals surface area contributed by atoms with Crippen LogP contribution in [0.1, 0.15) is 18.4 Å². The quantitative estimate of drug-likeness (QED) is 0.488. The normalized spacial score (nSPS) is 14.9. The molecule has 1 aromatic rings. The Morgan fingerprint density at radius 3 is 2.50 bits per heavy atom. The minimum atomic E-state index is 0.301. The summed E-state index contributed by atoms with van der Waals surface area (Å²) in [5.41, 5.74) is 3.19. The van der Waals surface area contributed by atoms with Gasteiger partial charge in [0.15, 0.2) is 0 Å². The van der Waals surface area contributed by atoms with Gasteiger partial charge in [-0.2, -0.15) is 0 Å². The molecule has 2 heteroatoms. The molecule has 0 aliphatic heterocycles. The number of hydrogen-bond donors (Lipinski definition) is 0. The van der Waals surface area contributed by atoms with Crippen LogP contribution < -0.4 is 0 Å². The minimum absolute atomic E-state index is 0.301. The Balaban J connectivity index is 1.65. The van der Waals surface area contributed by atoms with E-state index in [1.807, 2.05) is 0 Å². The summed E-state index contributed by atoms with van der Waals surface area (Å²) in [6.07, 6.45) is 9.66. The topological polar surface area (TPSA) is 0 Å². The summed E-state index contributed by atoms with van der Waals surface area (Å²) in [7, 11) is 0. The van der Waals surface area contributed by atoms with Gasteiger partial charge in [-0.25, -0.2) is 0 Å². The molecule has 0 heterocycles. The van der Waals surface area contributed by atoms with Gasteiger partial charge in [-0.05, 0) is 0 Å². The molecule has 0 spiro atoms. The molecule has 0 bridgehead atoms. The zero-order chi connectivity index (χ0) is 11.1. The zero-order valence-electron chi connectivity index (χ0n) is 9.26. The molecule has 0 radical (unpaired) electrons.